The molecule has 1 aliphatic carbocycles. The van der Waals surface area contributed by atoms with Crippen molar-refractivity contribution < 1.29 is 14.3 Å². The molecule has 5 N–H and O–H groups in total. The number of aromatic nitrogens is 4. The van der Waals surface area contributed by atoms with Crippen LogP contribution in [-0.4, -0.2) is 78.4 Å². The highest BCUT2D eigenvalue weighted by Crippen LogP contribution is 2.38. The monoisotopic (exact) mass is 506 g/mol. The van der Waals surface area contributed by atoms with Gasteiger partial charge in [-0.2, -0.15) is 4.98 Å². The highest BCUT2D eigenvalue weighted by molar-refractivity contribution is 7.22. The number of hydrogen-bond donors (Lipinski definition) is 3. The van der Waals surface area contributed by atoms with E-state index in [1.807, 2.05) is 4.90 Å². The third-order valence-corrected chi connectivity index (χ3v) is 7.92. The largest absolute Gasteiger partial charge is 0.382 e. The number of nitrogens with one attached hydrogen (secondary N) is 1. The fourth-order valence-electron chi connectivity index (χ4n) is 3.67. The summed E-state index contributed by atoms with van der Waals surface area (Å²) in [4.78, 5) is 43.6. The molecule has 0 unspecified atom stereocenters. The summed E-state index contributed by atoms with van der Waals surface area (Å²) >= 11 is 2.66. The standard InChI is InChI=1S/C12H14N4O2S.C8H12N4O2S/c17-11-8-10(13-9(14-11)7-1-2-7)15-12(19-8)16-3-5-18-6-4-16;9-6-5(7(10)13)15-8(11-6)12-1-3-14-4-2-12/h7H,1-6H2,(H,13,14,17);1-4,9H2,(H2,10,13). The zero-order valence-electron chi connectivity index (χ0n) is 18.5. The van der Waals surface area contributed by atoms with E-state index in [1.165, 1.54) is 22.7 Å². The predicted molar refractivity (Wildman–Crippen MR) is 131 cm³/mol. The molecule has 3 fully saturated rings. The molecular formula is C20H26N8O4S2. The molecule has 1 amide bonds. The van der Waals surface area contributed by atoms with E-state index >= 15 is 0 Å². The Morgan fingerprint density at radius 1 is 0.941 bits per heavy atom. The lowest BCUT2D eigenvalue weighted by Gasteiger charge is -2.25. The van der Waals surface area contributed by atoms with E-state index in [9.17, 15) is 9.59 Å². The zero-order chi connectivity index (χ0) is 23.7. The Hall–Kier alpha value is -2.81. The average molecular weight is 507 g/mol. The number of rotatable bonds is 4. The summed E-state index contributed by atoms with van der Waals surface area (Å²) in [6.45, 7) is 5.97. The number of ether oxygens (including phenoxy) is 2. The van der Waals surface area contributed by atoms with Crippen LogP contribution in [0.15, 0.2) is 4.79 Å². The molecule has 2 aliphatic heterocycles. The van der Waals surface area contributed by atoms with Gasteiger partial charge in [0.15, 0.2) is 15.9 Å². The van der Waals surface area contributed by atoms with E-state index in [0.717, 1.165) is 55.1 Å². The number of hydrogen-bond acceptors (Lipinski definition) is 12. The lowest BCUT2D eigenvalue weighted by Crippen LogP contribution is -2.36. The Morgan fingerprint density at radius 3 is 2.06 bits per heavy atom. The van der Waals surface area contributed by atoms with Gasteiger partial charge in [-0.1, -0.05) is 22.7 Å². The molecule has 1 saturated carbocycles. The van der Waals surface area contributed by atoms with E-state index in [2.05, 4.69) is 24.8 Å². The third-order valence-electron chi connectivity index (χ3n) is 5.67. The number of carbonyl (C=O) groups is 1. The number of nitrogens with zero attached hydrogens (tertiary/aromatic N) is 5. The van der Waals surface area contributed by atoms with Crippen LogP contribution in [0.1, 0.15) is 34.3 Å². The van der Waals surface area contributed by atoms with Gasteiger partial charge in [-0.3, -0.25) is 9.59 Å². The van der Waals surface area contributed by atoms with Crippen molar-refractivity contribution in [2.24, 2.45) is 5.73 Å². The summed E-state index contributed by atoms with van der Waals surface area (Å²) in [5.41, 5.74) is 11.3. The quantitative estimate of drug-likeness (QED) is 0.460. The number of nitrogens with two attached hydrogens (primary N) is 2. The summed E-state index contributed by atoms with van der Waals surface area (Å²) < 4.78 is 11.2. The molecule has 182 valence electrons. The number of carbonyl (C=O) groups excluding carboxylic acids is 1. The molecule has 3 aromatic rings. The van der Waals surface area contributed by atoms with Gasteiger partial charge in [-0.15, -0.1) is 0 Å². The Balaban J connectivity index is 0.000000146. The van der Waals surface area contributed by atoms with Gasteiger partial charge < -0.3 is 35.7 Å². The second-order valence-corrected chi connectivity index (χ2v) is 10.1. The van der Waals surface area contributed by atoms with Gasteiger partial charge >= 0.3 is 0 Å². The van der Waals surface area contributed by atoms with E-state index in [1.54, 1.807) is 0 Å². The number of thiazole rings is 2. The number of H-pyrrole nitrogens is 1. The summed E-state index contributed by atoms with van der Waals surface area (Å²) in [7, 11) is 0. The molecule has 0 spiro atoms. The van der Waals surface area contributed by atoms with Crippen molar-refractivity contribution in [1.82, 2.24) is 19.9 Å². The number of morpholine rings is 2. The first-order chi connectivity index (χ1) is 16.5. The van der Waals surface area contributed by atoms with Crippen molar-refractivity contribution in [3.63, 3.8) is 0 Å². The van der Waals surface area contributed by atoms with Gasteiger partial charge in [0, 0.05) is 32.1 Å². The maximum absolute atomic E-state index is 12.1. The zero-order valence-corrected chi connectivity index (χ0v) is 20.1. The maximum atomic E-state index is 12.1. The molecular weight excluding hydrogens is 480 g/mol. The van der Waals surface area contributed by atoms with Crippen LogP contribution in [-0.2, 0) is 9.47 Å². The Morgan fingerprint density at radius 2 is 1.53 bits per heavy atom. The number of aromatic amines is 1. The minimum Gasteiger partial charge on any atom is -0.382 e. The molecule has 5 heterocycles. The number of nitrogen functional groups attached to an aromatic ring is 1. The maximum Gasteiger partial charge on any atom is 0.270 e. The first-order valence-corrected chi connectivity index (χ1v) is 12.7. The molecule has 6 rings (SSSR count). The highest BCUT2D eigenvalue weighted by Gasteiger charge is 2.27. The van der Waals surface area contributed by atoms with Gasteiger partial charge in [0.1, 0.15) is 21.2 Å². The fraction of sp³-hybridized carbons (Fsp3) is 0.550. The third kappa shape index (κ3) is 4.99. The van der Waals surface area contributed by atoms with Crippen LogP contribution in [0.5, 0.6) is 0 Å². The topological polar surface area (TPSA) is 166 Å². The van der Waals surface area contributed by atoms with Gasteiger partial charge in [-0.25, -0.2) is 9.97 Å². The van der Waals surface area contributed by atoms with Crippen molar-refractivity contribution >= 4 is 55.0 Å². The molecule has 0 bridgehead atoms. The predicted octanol–water partition coefficient (Wildman–Crippen LogP) is 0.754. The van der Waals surface area contributed by atoms with Crippen LogP contribution in [0.25, 0.3) is 10.3 Å². The van der Waals surface area contributed by atoms with Crippen molar-refractivity contribution in [2.75, 3.05) is 68.1 Å². The van der Waals surface area contributed by atoms with Gasteiger partial charge in [0.05, 0.1) is 26.4 Å². The van der Waals surface area contributed by atoms with E-state index in [0.29, 0.717) is 47.6 Å². The minimum absolute atomic E-state index is 0.0519. The lowest BCUT2D eigenvalue weighted by molar-refractivity contribution is 0.100. The summed E-state index contributed by atoms with van der Waals surface area (Å²) in [6.07, 6.45) is 2.24. The number of amides is 1. The summed E-state index contributed by atoms with van der Waals surface area (Å²) in [5, 5.41) is 1.62. The van der Waals surface area contributed by atoms with Crippen LogP contribution in [0.4, 0.5) is 16.1 Å². The van der Waals surface area contributed by atoms with Crippen LogP contribution in [0.2, 0.25) is 0 Å². The summed E-state index contributed by atoms with van der Waals surface area (Å²) in [5.74, 6) is 0.931. The van der Waals surface area contributed by atoms with Crippen molar-refractivity contribution in [3.8, 4) is 0 Å². The van der Waals surface area contributed by atoms with Crippen molar-refractivity contribution in [2.45, 2.75) is 18.8 Å². The molecule has 0 radical (unpaired) electrons. The SMILES string of the molecule is NC(=O)c1sc(N2CCOCC2)nc1N.O=c1[nH]c(C2CC2)nc2nc(N3CCOCC3)sc12. The molecule has 2 saturated heterocycles. The van der Waals surface area contributed by atoms with Crippen LogP contribution < -0.4 is 26.8 Å². The average Bonchev–Trinajstić information content (AvgIpc) is 3.49. The Kier molecular flexibility index (Phi) is 6.63. The van der Waals surface area contributed by atoms with E-state index in [4.69, 9.17) is 20.9 Å². The van der Waals surface area contributed by atoms with Gasteiger partial charge in [-0.05, 0) is 12.8 Å². The molecule has 3 aliphatic rings. The smallest absolute Gasteiger partial charge is 0.270 e. The van der Waals surface area contributed by atoms with Crippen molar-refractivity contribution in [3.05, 3.63) is 21.1 Å². The molecule has 0 atom stereocenters. The minimum atomic E-state index is -0.524. The Bertz CT molecular complexity index is 1230. The second kappa shape index (κ2) is 9.82. The fourth-order valence-corrected chi connectivity index (χ4v) is 5.51. The van der Waals surface area contributed by atoms with Crippen molar-refractivity contribution in [1.29, 1.82) is 0 Å². The lowest BCUT2D eigenvalue weighted by atomic mass is 10.4. The number of anilines is 3. The summed E-state index contributed by atoms with van der Waals surface area (Å²) in [6, 6.07) is 0. The molecule has 12 nitrogen and oxygen atoms in total. The highest BCUT2D eigenvalue weighted by atomic mass is 32.1. The first kappa shape index (κ1) is 23.0. The van der Waals surface area contributed by atoms with E-state index in [-0.39, 0.29) is 11.4 Å². The Labute approximate surface area is 202 Å². The van der Waals surface area contributed by atoms with Crippen LogP contribution in [0, 0.1) is 0 Å². The normalized spacial score (nSPS) is 18.6. The van der Waals surface area contributed by atoms with Gasteiger partial charge in [0.2, 0.25) is 0 Å². The molecule has 14 heteroatoms. The molecule has 0 aromatic carbocycles. The molecule has 3 aromatic heterocycles. The van der Waals surface area contributed by atoms with E-state index < -0.39 is 5.91 Å². The van der Waals surface area contributed by atoms with Gasteiger partial charge in [0.25, 0.3) is 11.5 Å². The van der Waals surface area contributed by atoms with Crippen LogP contribution >= 0.6 is 22.7 Å². The number of primary amides is 1. The first-order valence-electron chi connectivity index (χ1n) is 11.1. The molecule has 34 heavy (non-hydrogen) atoms. The number of fused-ring (bicyclic) bond motifs is 1. The second-order valence-electron chi connectivity index (χ2n) is 8.15. The van der Waals surface area contributed by atoms with Crippen LogP contribution in [0.3, 0.4) is 0 Å².